The minimum absolute atomic E-state index is 0.483. The number of rotatable bonds is 9. The molecule has 14 rings (SSSR count). The van der Waals surface area contributed by atoms with E-state index in [9.17, 15) is 0 Å². The molecule has 2 aliphatic rings. The fourth-order valence-corrected chi connectivity index (χ4v) is 10.9. The lowest BCUT2D eigenvalue weighted by atomic mass is 9.94. The van der Waals surface area contributed by atoms with E-state index in [1.807, 2.05) is 109 Å². The van der Waals surface area contributed by atoms with Gasteiger partial charge in [-0.05, 0) is 157 Å². The van der Waals surface area contributed by atoms with Crippen LogP contribution in [-0.2, 0) is 0 Å². The van der Waals surface area contributed by atoms with Crippen molar-refractivity contribution in [2.75, 3.05) is 9.80 Å². The Labute approximate surface area is 442 Å². The monoisotopic (exact) mass is 996 g/mol. The van der Waals surface area contributed by atoms with E-state index in [-0.39, 0.29) is 0 Å². The first-order valence-corrected chi connectivity index (χ1v) is 25.5. The van der Waals surface area contributed by atoms with Crippen molar-refractivity contribution in [1.82, 2.24) is 39.9 Å². The minimum atomic E-state index is 0.483. The van der Waals surface area contributed by atoms with Crippen molar-refractivity contribution in [3.05, 3.63) is 243 Å². The number of anilines is 6. The van der Waals surface area contributed by atoms with Crippen molar-refractivity contribution < 1.29 is 4.74 Å². The maximum atomic E-state index is 6.58. The molecule has 2 aliphatic heterocycles. The van der Waals surface area contributed by atoms with Crippen molar-refractivity contribution in [2.45, 2.75) is 9.79 Å². The Morgan fingerprint density at radius 2 is 0.737 bits per heavy atom. The van der Waals surface area contributed by atoms with Crippen molar-refractivity contribution in [3.63, 3.8) is 0 Å². The van der Waals surface area contributed by atoms with E-state index in [0.29, 0.717) is 45.8 Å². The number of hydrogen-bond donors (Lipinski definition) is 0. The predicted molar refractivity (Wildman–Crippen MR) is 300 cm³/mol. The number of para-hydroxylation sites is 6. The van der Waals surface area contributed by atoms with Gasteiger partial charge in [-0.15, -0.1) is 0 Å². The molecule has 8 heterocycles. The smallest absolute Gasteiger partial charge is 0.179 e. The third-order valence-corrected chi connectivity index (χ3v) is 14.4. The second-order valence-corrected chi connectivity index (χ2v) is 19.2. The van der Waals surface area contributed by atoms with Gasteiger partial charge in [0.25, 0.3) is 0 Å². The van der Waals surface area contributed by atoms with Gasteiger partial charge in [0.2, 0.25) is 0 Å². The van der Waals surface area contributed by atoms with Crippen LogP contribution in [0.5, 0.6) is 11.5 Å². The predicted octanol–water partition coefficient (Wildman–Crippen LogP) is 16.0. The Morgan fingerprint density at radius 3 is 1.21 bits per heavy atom. The molecular weight excluding hydrogens is 957 g/mol. The SMILES string of the molecule is c1ccc(-c2nc(-c3cccnc3)cc(-c3cc(-c4cc(N5c6ccccc6Oc6ccccc65)cc(N5c6ccccc6Sc6ccccc65)c4)cc(-c4cc(-c5cccnc5)nc(-c5ccccn5)n4)c3)n2)nc1. The number of fused-ring (bicyclic) bond motifs is 4. The molecule has 0 radical (unpaired) electrons. The maximum absolute atomic E-state index is 6.58. The van der Waals surface area contributed by atoms with E-state index in [4.69, 9.17) is 34.6 Å². The average Bonchev–Trinajstić information content (AvgIpc) is 3.50. The molecule has 0 fully saturated rings. The Morgan fingerprint density at radius 1 is 0.316 bits per heavy atom. The Kier molecular flexibility index (Phi) is 11.1. The lowest BCUT2D eigenvalue weighted by Gasteiger charge is -2.36. The molecule has 0 N–H and O–H groups in total. The van der Waals surface area contributed by atoms with E-state index in [1.54, 1.807) is 36.5 Å². The fraction of sp³-hybridized carbons (Fsp3) is 0. The summed E-state index contributed by atoms with van der Waals surface area (Å²) in [6.07, 6.45) is 10.7. The molecule has 12 aromatic rings. The van der Waals surface area contributed by atoms with Crippen LogP contribution in [0.25, 0.3) is 79.2 Å². The van der Waals surface area contributed by atoms with Crippen LogP contribution in [-0.4, -0.2) is 39.9 Å². The zero-order chi connectivity index (χ0) is 50.4. The van der Waals surface area contributed by atoms with Gasteiger partial charge in [0.15, 0.2) is 23.1 Å². The largest absolute Gasteiger partial charge is 0.453 e. The molecule has 0 saturated heterocycles. The molecule has 0 spiro atoms. The van der Waals surface area contributed by atoms with Gasteiger partial charge >= 0.3 is 0 Å². The van der Waals surface area contributed by atoms with Crippen LogP contribution in [0, 0.1) is 0 Å². The second-order valence-electron chi connectivity index (χ2n) is 18.1. The molecule has 76 heavy (non-hydrogen) atoms. The maximum Gasteiger partial charge on any atom is 0.179 e. The van der Waals surface area contributed by atoms with Gasteiger partial charge in [-0.3, -0.25) is 19.9 Å². The van der Waals surface area contributed by atoms with Crippen LogP contribution in [0.4, 0.5) is 34.1 Å². The third-order valence-electron chi connectivity index (χ3n) is 13.3. The van der Waals surface area contributed by atoms with Crippen LogP contribution >= 0.6 is 11.8 Å². The second kappa shape index (κ2) is 19.0. The number of nitrogens with zero attached hydrogens (tertiary/aromatic N) is 10. The summed E-state index contributed by atoms with van der Waals surface area (Å²) < 4.78 is 6.58. The van der Waals surface area contributed by atoms with Crippen LogP contribution in [0.15, 0.2) is 253 Å². The van der Waals surface area contributed by atoms with Gasteiger partial charge in [-0.1, -0.05) is 72.4 Å². The summed E-state index contributed by atoms with van der Waals surface area (Å²) in [5, 5.41) is 0. The number of ether oxygens (including phenoxy) is 1. The highest BCUT2D eigenvalue weighted by molar-refractivity contribution is 7.99. The normalized spacial score (nSPS) is 12.2. The summed E-state index contributed by atoms with van der Waals surface area (Å²) in [6.45, 7) is 0. The van der Waals surface area contributed by atoms with Gasteiger partial charge in [0, 0.05) is 80.6 Å². The number of hydrogen-bond acceptors (Lipinski definition) is 12. The first-order chi connectivity index (χ1) is 37.6. The molecular formula is C64H40N10OS. The highest BCUT2D eigenvalue weighted by Crippen LogP contribution is 2.55. The molecule has 0 unspecified atom stereocenters. The topological polar surface area (TPSA) is 119 Å². The molecule has 0 aliphatic carbocycles. The van der Waals surface area contributed by atoms with E-state index in [1.165, 1.54) is 0 Å². The highest BCUT2D eigenvalue weighted by Gasteiger charge is 2.30. The van der Waals surface area contributed by atoms with Gasteiger partial charge in [-0.2, -0.15) is 0 Å². The van der Waals surface area contributed by atoms with E-state index in [2.05, 4.69) is 129 Å². The van der Waals surface area contributed by atoms with Crippen molar-refractivity contribution >= 4 is 45.9 Å². The molecule has 0 bridgehead atoms. The zero-order valence-electron chi connectivity index (χ0n) is 40.4. The summed E-state index contributed by atoms with van der Waals surface area (Å²) in [5.74, 6) is 2.49. The highest BCUT2D eigenvalue weighted by atomic mass is 32.2. The van der Waals surface area contributed by atoms with Gasteiger partial charge in [-0.25, -0.2) is 19.9 Å². The van der Waals surface area contributed by atoms with Crippen LogP contribution in [0.2, 0.25) is 0 Å². The van der Waals surface area contributed by atoms with E-state index < -0.39 is 0 Å². The lowest BCUT2D eigenvalue weighted by Crippen LogP contribution is -2.18. The fourth-order valence-electron chi connectivity index (χ4n) is 9.81. The summed E-state index contributed by atoms with van der Waals surface area (Å²) in [4.78, 5) is 46.1. The van der Waals surface area contributed by atoms with Crippen molar-refractivity contribution in [2.24, 2.45) is 0 Å². The van der Waals surface area contributed by atoms with Crippen LogP contribution < -0.4 is 14.5 Å². The van der Waals surface area contributed by atoms with E-state index >= 15 is 0 Å². The molecule has 358 valence electrons. The first kappa shape index (κ1) is 44.5. The van der Waals surface area contributed by atoms with Gasteiger partial charge < -0.3 is 14.5 Å². The molecule has 0 saturated carbocycles. The number of pyridine rings is 4. The third kappa shape index (κ3) is 8.34. The van der Waals surface area contributed by atoms with Crippen molar-refractivity contribution in [3.8, 4) is 90.7 Å². The summed E-state index contributed by atoms with van der Waals surface area (Å²) in [7, 11) is 0. The molecule has 6 aromatic carbocycles. The standard InChI is InChI=1S/C64H40N10OS/c1-5-23-59-55(19-1)73(56-20-2-6-24-60(56)75-59)47-34-44(35-48(36-47)74-57-21-3-7-25-61(57)76-62-26-8-4-22-58(62)74)43-31-45(53-37-51(41-15-13-27-65-39-41)69-63(71-53)49-17-9-11-29-67-49)33-46(32-43)54-38-52(42-16-14-28-66-40-42)70-64(72-54)50-18-10-12-30-68-50/h1-40H. The number of benzene rings is 6. The summed E-state index contributed by atoms with van der Waals surface area (Å²) in [5.41, 5.74) is 15.2. The summed E-state index contributed by atoms with van der Waals surface area (Å²) in [6, 6.07) is 70.4. The number of aromatic nitrogens is 8. The zero-order valence-corrected chi connectivity index (χ0v) is 41.2. The molecule has 11 nitrogen and oxygen atoms in total. The Hall–Kier alpha value is -10.2. The van der Waals surface area contributed by atoms with E-state index in [0.717, 1.165) is 88.8 Å². The van der Waals surface area contributed by atoms with Crippen molar-refractivity contribution in [1.29, 1.82) is 0 Å². The molecule has 0 amide bonds. The molecule has 12 heteroatoms. The van der Waals surface area contributed by atoms with Gasteiger partial charge in [0.05, 0.1) is 45.5 Å². The molecule has 6 aromatic heterocycles. The average molecular weight is 997 g/mol. The first-order valence-electron chi connectivity index (χ1n) is 24.7. The Balaban J connectivity index is 1.06. The minimum Gasteiger partial charge on any atom is -0.453 e. The quantitative estimate of drug-likeness (QED) is 0.137. The summed E-state index contributed by atoms with van der Waals surface area (Å²) >= 11 is 1.78. The van der Waals surface area contributed by atoms with Crippen LogP contribution in [0.3, 0.4) is 0 Å². The lowest BCUT2D eigenvalue weighted by molar-refractivity contribution is 0.477. The molecule has 0 atom stereocenters. The van der Waals surface area contributed by atoms with Gasteiger partial charge in [0.1, 0.15) is 11.4 Å². The Bertz CT molecular complexity index is 3680. The van der Waals surface area contributed by atoms with Crippen LogP contribution in [0.1, 0.15) is 0 Å².